The van der Waals surface area contributed by atoms with Gasteiger partial charge in [0.1, 0.15) is 5.01 Å². The van der Waals surface area contributed by atoms with Gasteiger partial charge in [0.15, 0.2) is 5.11 Å². The number of carbonyl (C=O) groups excluding carboxylic acids is 1. The van der Waals surface area contributed by atoms with E-state index in [-0.39, 0.29) is 10.9 Å². The van der Waals surface area contributed by atoms with Crippen molar-refractivity contribution in [3.05, 3.63) is 48.7 Å². The number of hydrogen-bond donors (Lipinski definition) is 4. The summed E-state index contributed by atoms with van der Waals surface area (Å²) in [6.45, 7) is 9.30. The molecule has 0 unspecified atom stereocenters. The highest BCUT2D eigenvalue weighted by molar-refractivity contribution is 7.89. The van der Waals surface area contributed by atoms with Crippen LogP contribution in [0.3, 0.4) is 0 Å². The monoisotopic (exact) mass is 561 g/mol. The van der Waals surface area contributed by atoms with Crippen LogP contribution in [0.15, 0.2) is 53.6 Å². The third kappa shape index (κ3) is 7.96. The highest BCUT2D eigenvalue weighted by Crippen LogP contribution is 2.37. The lowest BCUT2D eigenvalue weighted by Crippen LogP contribution is -2.40. The molecule has 0 radical (unpaired) electrons. The van der Waals surface area contributed by atoms with Gasteiger partial charge in [0.05, 0.1) is 16.9 Å². The number of rotatable bonds is 7. The number of nitrogens with zero attached hydrogens (tertiary/aromatic N) is 1. The highest BCUT2D eigenvalue weighted by Gasteiger charge is 2.26. The second-order valence-electron chi connectivity index (χ2n) is 9.54. The minimum absolute atomic E-state index is 0.0252. The summed E-state index contributed by atoms with van der Waals surface area (Å²) in [6, 6.07) is 12.6. The molecule has 1 heterocycles. The van der Waals surface area contributed by atoms with Gasteiger partial charge in [0.25, 0.3) is 0 Å². The summed E-state index contributed by atoms with van der Waals surface area (Å²) in [5, 5.41) is 10.1. The number of sulfonamides is 1. The van der Waals surface area contributed by atoms with Crippen molar-refractivity contribution in [1.82, 2.24) is 15.0 Å². The summed E-state index contributed by atoms with van der Waals surface area (Å²) in [5.41, 5.74) is 1.78. The minimum Gasteiger partial charge on any atom is -0.453 e. The van der Waals surface area contributed by atoms with E-state index in [0.717, 1.165) is 16.3 Å². The summed E-state index contributed by atoms with van der Waals surface area (Å²) in [4.78, 5) is 16.9. The second-order valence-corrected chi connectivity index (χ2v) is 12.6. The Bertz CT molecular complexity index is 1380. The van der Waals surface area contributed by atoms with E-state index >= 15 is 0 Å². The molecule has 4 N–H and O–H groups in total. The van der Waals surface area contributed by atoms with Crippen molar-refractivity contribution in [3.8, 4) is 21.0 Å². The van der Waals surface area contributed by atoms with Crippen LogP contribution >= 0.6 is 23.6 Å². The van der Waals surface area contributed by atoms with Gasteiger partial charge >= 0.3 is 6.09 Å². The van der Waals surface area contributed by atoms with Crippen LogP contribution in [0.2, 0.25) is 0 Å². The maximum atomic E-state index is 13.3. The number of anilines is 2. The van der Waals surface area contributed by atoms with Crippen molar-refractivity contribution in [3.63, 3.8) is 0 Å². The highest BCUT2D eigenvalue weighted by atomic mass is 32.2. The second kappa shape index (κ2) is 11.5. The third-order valence-electron chi connectivity index (χ3n) is 4.72. The Morgan fingerprint density at radius 1 is 1.05 bits per heavy atom. The zero-order chi connectivity index (χ0) is 27.4. The number of carbonyl (C=O) groups is 1. The van der Waals surface area contributed by atoms with Gasteiger partial charge in [-0.3, -0.25) is 5.32 Å². The van der Waals surface area contributed by atoms with Crippen LogP contribution in [0.5, 0.6) is 0 Å². The molecule has 3 rings (SSSR count). The van der Waals surface area contributed by atoms with Gasteiger partial charge in [0, 0.05) is 40.3 Å². The lowest BCUT2D eigenvalue weighted by molar-refractivity contribution is 0.187. The number of ether oxygens (including phenoxy) is 1. The molecule has 198 valence electrons. The van der Waals surface area contributed by atoms with E-state index in [2.05, 4.69) is 30.4 Å². The van der Waals surface area contributed by atoms with Crippen molar-refractivity contribution >= 4 is 56.2 Å². The van der Waals surface area contributed by atoms with Crippen molar-refractivity contribution in [1.29, 1.82) is 0 Å². The summed E-state index contributed by atoms with van der Waals surface area (Å²) < 4.78 is 34.0. The van der Waals surface area contributed by atoms with E-state index < -0.39 is 21.7 Å². The molecule has 1 aromatic heterocycles. The molecule has 0 fully saturated rings. The molecule has 0 saturated heterocycles. The average Bonchev–Trinajstić information content (AvgIpc) is 3.27. The summed E-state index contributed by atoms with van der Waals surface area (Å²) in [6.07, 6.45) is 0.950. The SMILES string of the molecule is COC(=O)Nc1ccc(-c2cnc(-c3ccc(NC(=S)NC(C)C)cc3)s2)c(S(=O)(=O)NC(C)(C)C)c1. The maximum Gasteiger partial charge on any atom is 0.411 e. The number of methoxy groups -OCH3 is 1. The van der Waals surface area contributed by atoms with Crippen LogP contribution in [0.4, 0.5) is 16.2 Å². The van der Waals surface area contributed by atoms with Crippen molar-refractivity contribution in [2.24, 2.45) is 0 Å². The molecule has 0 aliphatic heterocycles. The molecule has 0 spiro atoms. The van der Waals surface area contributed by atoms with E-state index in [9.17, 15) is 13.2 Å². The fraction of sp³-hybridized carbons (Fsp3) is 0.320. The molecule has 0 aliphatic carbocycles. The smallest absolute Gasteiger partial charge is 0.411 e. The van der Waals surface area contributed by atoms with Gasteiger partial charge < -0.3 is 15.4 Å². The molecule has 9 nitrogen and oxygen atoms in total. The van der Waals surface area contributed by atoms with E-state index in [1.54, 1.807) is 39.1 Å². The molecule has 1 amide bonds. The Morgan fingerprint density at radius 2 is 1.70 bits per heavy atom. The zero-order valence-electron chi connectivity index (χ0n) is 21.5. The number of hydrogen-bond acceptors (Lipinski definition) is 7. The molecular weight excluding hydrogens is 531 g/mol. The largest absolute Gasteiger partial charge is 0.453 e. The van der Waals surface area contributed by atoms with E-state index in [4.69, 9.17) is 12.2 Å². The van der Waals surface area contributed by atoms with E-state index in [1.807, 2.05) is 38.1 Å². The molecule has 37 heavy (non-hydrogen) atoms. The number of amides is 1. The number of thiazole rings is 1. The summed E-state index contributed by atoms with van der Waals surface area (Å²) in [7, 11) is -2.70. The number of benzene rings is 2. The summed E-state index contributed by atoms with van der Waals surface area (Å²) in [5.74, 6) is 0. The minimum atomic E-state index is -3.93. The van der Waals surface area contributed by atoms with E-state index in [0.29, 0.717) is 21.2 Å². The van der Waals surface area contributed by atoms with Crippen LogP contribution in [-0.2, 0) is 14.8 Å². The molecular formula is C25H31N5O4S3. The molecule has 12 heteroatoms. The van der Waals surface area contributed by atoms with E-state index in [1.165, 1.54) is 24.5 Å². The topological polar surface area (TPSA) is 121 Å². The molecule has 2 aromatic carbocycles. The molecule has 0 saturated carbocycles. The van der Waals surface area contributed by atoms with Crippen LogP contribution in [0, 0.1) is 0 Å². The quantitative estimate of drug-likeness (QED) is 0.282. The van der Waals surface area contributed by atoms with Crippen molar-refractivity contribution < 1.29 is 17.9 Å². The van der Waals surface area contributed by atoms with Gasteiger partial charge in [-0.1, -0.05) is 6.07 Å². The van der Waals surface area contributed by atoms with Crippen LogP contribution in [-0.4, -0.2) is 43.3 Å². The molecule has 0 atom stereocenters. The Morgan fingerprint density at radius 3 is 2.30 bits per heavy atom. The summed E-state index contributed by atoms with van der Waals surface area (Å²) >= 11 is 6.66. The molecule has 3 aromatic rings. The third-order valence-corrected chi connectivity index (χ3v) is 7.82. The standard InChI is InChI=1S/C25H31N5O4S3/c1-15(2)27-23(35)28-17-9-7-16(8-10-17)22-26-14-20(36-22)19-12-11-18(29-24(31)34-6)13-21(19)37(32,33)30-25(3,4)5/h7-15,30H,1-6H3,(H,29,31)(H2,27,28,35). The molecule has 0 aliphatic rings. The zero-order valence-corrected chi connectivity index (χ0v) is 24.0. The Kier molecular flexibility index (Phi) is 8.90. The maximum absolute atomic E-state index is 13.3. The lowest BCUT2D eigenvalue weighted by atomic mass is 10.1. The number of nitrogens with one attached hydrogen (secondary N) is 4. The fourth-order valence-corrected chi connectivity index (χ4v) is 6.36. The van der Waals surface area contributed by atoms with Crippen molar-refractivity contribution in [2.75, 3.05) is 17.7 Å². The molecule has 0 bridgehead atoms. The van der Waals surface area contributed by atoms with Gasteiger partial charge in [-0.25, -0.2) is 22.9 Å². The van der Waals surface area contributed by atoms with Crippen LogP contribution in [0.1, 0.15) is 34.6 Å². The first kappa shape index (κ1) is 28.5. The van der Waals surface area contributed by atoms with Gasteiger partial charge in [0.2, 0.25) is 10.0 Å². The van der Waals surface area contributed by atoms with Crippen LogP contribution in [0.25, 0.3) is 21.0 Å². The average molecular weight is 562 g/mol. The van der Waals surface area contributed by atoms with Crippen LogP contribution < -0.4 is 20.7 Å². The van der Waals surface area contributed by atoms with Gasteiger partial charge in [-0.05, 0) is 83.2 Å². The lowest BCUT2D eigenvalue weighted by Gasteiger charge is -2.22. The first-order valence-electron chi connectivity index (χ1n) is 11.4. The predicted molar refractivity (Wildman–Crippen MR) is 154 cm³/mol. The Labute approximate surface area is 227 Å². The Hall–Kier alpha value is -3.06. The van der Waals surface area contributed by atoms with Gasteiger partial charge in [-0.2, -0.15) is 0 Å². The predicted octanol–water partition coefficient (Wildman–Crippen LogP) is 5.43. The number of thiocarbonyl (C=S) groups is 1. The first-order valence-corrected chi connectivity index (χ1v) is 14.2. The first-order chi connectivity index (χ1) is 17.3. The normalized spacial score (nSPS) is 11.8. The van der Waals surface area contributed by atoms with Gasteiger partial charge in [-0.15, -0.1) is 11.3 Å². The Balaban J connectivity index is 1.94. The number of aromatic nitrogens is 1. The fourth-order valence-electron chi connectivity index (χ4n) is 3.31. The van der Waals surface area contributed by atoms with Crippen molar-refractivity contribution in [2.45, 2.75) is 51.1 Å².